The molecule has 0 radical (unpaired) electrons. The van der Waals surface area contributed by atoms with Gasteiger partial charge in [0, 0.05) is 17.9 Å². The third kappa shape index (κ3) is 2.56. The fraction of sp³-hybridized carbons (Fsp3) is 0.200. The van der Waals surface area contributed by atoms with Crippen molar-refractivity contribution in [1.82, 2.24) is 14.6 Å². The first-order chi connectivity index (χ1) is 9.72. The second-order valence-electron chi connectivity index (χ2n) is 4.79. The summed E-state index contributed by atoms with van der Waals surface area (Å²) >= 11 is 0. The van der Waals surface area contributed by atoms with Gasteiger partial charge in [0.25, 0.3) is 0 Å². The lowest BCUT2D eigenvalue weighted by Gasteiger charge is -2.02. The number of pyridine rings is 1. The van der Waals surface area contributed by atoms with Gasteiger partial charge < -0.3 is 11.1 Å². The van der Waals surface area contributed by atoms with Gasteiger partial charge in [0.15, 0.2) is 5.65 Å². The topological polar surface area (TPSA) is 68.2 Å². The molecular formula is C15H17N5. The van der Waals surface area contributed by atoms with Crippen LogP contribution in [0.2, 0.25) is 0 Å². The molecule has 0 fully saturated rings. The lowest BCUT2D eigenvalue weighted by Crippen LogP contribution is -2.06. The van der Waals surface area contributed by atoms with Gasteiger partial charge >= 0.3 is 0 Å². The molecule has 3 rings (SSSR count). The van der Waals surface area contributed by atoms with Gasteiger partial charge in [-0.25, -0.2) is 4.52 Å². The molecule has 0 spiro atoms. The monoisotopic (exact) mass is 267 g/mol. The van der Waals surface area contributed by atoms with Crippen LogP contribution in [0.4, 0.5) is 11.6 Å². The average molecular weight is 267 g/mol. The molecule has 1 aromatic carbocycles. The van der Waals surface area contributed by atoms with Crippen molar-refractivity contribution in [3.05, 3.63) is 53.7 Å². The Morgan fingerprint density at radius 2 is 1.95 bits per heavy atom. The first-order valence-electron chi connectivity index (χ1n) is 6.63. The molecular weight excluding hydrogens is 250 g/mol. The van der Waals surface area contributed by atoms with E-state index in [9.17, 15) is 0 Å². The Balaban J connectivity index is 1.65. The van der Waals surface area contributed by atoms with E-state index < -0.39 is 0 Å². The minimum Gasteiger partial charge on any atom is -0.399 e. The fourth-order valence-electron chi connectivity index (χ4n) is 2.11. The van der Waals surface area contributed by atoms with Gasteiger partial charge in [-0.2, -0.15) is 4.98 Å². The number of nitrogens with two attached hydrogens (primary N) is 1. The number of nitrogen functional groups attached to an aromatic ring is 1. The highest BCUT2D eigenvalue weighted by molar-refractivity contribution is 5.44. The third-order valence-electron chi connectivity index (χ3n) is 3.23. The number of anilines is 2. The SMILES string of the molecule is Cc1cccc2nc(NCCc3ccc(N)cc3)nn12. The molecule has 0 aliphatic heterocycles. The van der Waals surface area contributed by atoms with Crippen LogP contribution in [0.25, 0.3) is 5.65 Å². The Bertz CT molecular complexity index is 715. The number of hydrogen-bond acceptors (Lipinski definition) is 4. The zero-order valence-corrected chi connectivity index (χ0v) is 11.4. The van der Waals surface area contributed by atoms with Crippen molar-refractivity contribution in [2.45, 2.75) is 13.3 Å². The molecule has 0 saturated heterocycles. The summed E-state index contributed by atoms with van der Waals surface area (Å²) in [4.78, 5) is 4.44. The lowest BCUT2D eigenvalue weighted by atomic mass is 10.1. The van der Waals surface area contributed by atoms with E-state index >= 15 is 0 Å². The van der Waals surface area contributed by atoms with E-state index in [0.29, 0.717) is 5.95 Å². The molecule has 0 amide bonds. The Hall–Kier alpha value is -2.56. The highest BCUT2D eigenvalue weighted by Gasteiger charge is 2.03. The Kier molecular flexibility index (Phi) is 3.25. The minimum atomic E-state index is 0.662. The maximum Gasteiger partial charge on any atom is 0.243 e. The molecule has 3 N–H and O–H groups in total. The van der Waals surface area contributed by atoms with Gasteiger partial charge in [0.05, 0.1) is 0 Å². The van der Waals surface area contributed by atoms with Gasteiger partial charge in [-0.15, -0.1) is 5.10 Å². The van der Waals surface area contributed by atoms with Crippen molar-refractivity contribution in [3.8, 4) is 0 Å². The molecule has 5 heteroatoms. The number of hydrogen-bond donors (Lipinski definition) is 2. The summed E-state index contributed by atoms with van der Waals surface area (Å²) in [5.41, 5.74) is 9.63. The molecule has 102 valence electrons. The summed E-state index contributed by atoms with van der Waals surface area (Å²) in [6.45, 7) is 2.81. The predicted molar refractivity (Wildman–Crippen MR) is 80.8 cm³/mol. The summed E-state index contributed by atoms with van der Waals surface area (Å²) < 4.78 is 1.84. The van der Waals surface area contributed by atoms with E-state index in [4.69, 9.17) is 5.73 Å². The van der Waals surface area contributed by atoms with E-state index in [1.54, 1.807) is 0 Å². The van der Waals surface area contributed by atoms with Crippen molar-refractivity contribution in [3.63, 3.8) is 0 Å². The number of aromatic nitrogens is 3. The van der Waals surface area contributed by atoms with E-state index in [1.807, 2.05) is 53.9 Å². The van der Waals surface area contributed by atoms with Crippen LogP contribution in [-0.2, 0) is 6.42 Å². The number of nitrogens with zero attached hydrogens (tertiary/aromatic N) is 3. The predicted octanol–water partition coefficient (Wildman–Crippen LogP) is 2.27. The van der Waals surface area contributed by atoms with Gasteiger partial charge in [0.1, 0.15) is 0 Å². The molecule has 0 aliphatic rings. The van der Waals surface area contributed by atoms with Gasteiger partial charge in [-0.1, -0.05) is 18.2 Å². The summed E-state index contributed by atoms with van der Waals surface area (Å²) in [7, 11) is 0. The molecule has 2 heterocycles. The van der Waals surface area contributed by atoms with Gasteiger partial charge in [-0.3, -0.25) is 0 Å². The van der Waals surface area contributed by atoms with Crippen molar-refractivity contribution in [2.75, 3.05) is 17.6 Å². The van der Waals surface area contributed by atoms with Crippen molar-refractivity contribution < 1.29 is 0 Å². The highest BCUT2D eigenvalue weighted by atomic mass is 15.3. The Morgan fingerprint density at radius 3 is 2.70 bits per heavy atom. The van der Waals surface area contributed by atoms with Crippen molar-refractivity contribution in [1.29, 1.82) is 0 Å². The molecule has 0 atom stereocenters. The second kappa shape index (κ2) is 5.21. The van der Waals surface area contributed by atoms with Crippen molar-refractivity contribution >= 4 is 17.3 Å². The van der Waals surface area contributed by atoms with E-state index in [0.717, 1.165) is 30.0 Å². The van der Waals surface area contributed by atoms with E-state index in [2.05, 4.69) is 15.4 Å². The van der Waals surface area contributed by atoms with Crippen molar-refractivity contribution in [2.24, 2.45) is 0 Å². The number of benzene rings is 1. The molecule has 0 saturated carbocycles. The number of nitrogens with one attached hydrogen (secondary N) is 1. The molecule has 2 aromatic heterocycles. The Labute approximate surface area is 117 Å². The molecule has 0 bridgehead atoms. The first kappa shape index (κ1) is 12.5. The molecule has 20 heavy (non-hydrogen) atoms. The van der Waals surface area contributed by atoms with Crippen LogP contribution in [-0.4, -0.2) is 21.1 Å². The largest absolute Gasteiger partial charge is 0.399 e. The maximum atomic E-state index is 5.67. The number of fused-ring (bicyclic) bond motifs is 1. The van der Waals surface area contributed by atoms with Crippen LogP contribution < -0.4 is 11.1 Å². The van der Waals surface area contributed by atoms with Crippen LogP contribution in [0.5, 0.6) is 0 Å². The molecule has 0 unspecified atom stereocenters. The zero-order valence-electron chi connectivity index (χ0n) is 11.4. The van der Waals surface area contributed by atoms with E-state index in [1.165, 1.54) is 5.56 Å². The van der Waals surface area contributed by atoms with E-state index in [-0.39, 0.29) is 0 Å². The maximum absolute atomic E-state index is 5.67. The quantitative estimate of drug-likeness (QED) is 0.712. The zero-order chi connectivity index (χ0) is 13.9. The van der Waals surface area contributed by atoms with Crippen LogP contribution in [0, 0.1) is 6.92 Å². The molecule has 5 nitrogen and oxygen atoms in total. The van der Waals surface area contributed by atoms with Crippen LogP contribution in [0.15, 0.2) is 42.5 Å². The fourth-order valence-corrected chi connectivity index (χ4v) is 2.11. The second-order valence-corrected chi connectivity index (χ2v) is 4.79. The van der Waals surface area contributed by atoms with Crippen LogP contribution >= 0.6 is 0 Å². The third-order valence-corrected chi connectivity index (χ3v) is 3.23. The van der Waals surface area contributed by atoms with Gasteiger partial charge in [-0.05, 0) is 43.2 Å². The van der Waals surface area contributed by atoms with Crippen LogP contribution in [0.1, 0.15) is 11.3 Å². The lowest BCUT2D eigenvalue weighted by molar-refractivity contribution is 0.904. The highest BCUT2D eigenvalue weighted by Crippen LogP contribution is 2.09. The smallest absolute Gasteiger partial charge is 0.243 e. The van der Waals surface area contributed by atoms with Gasteiger partial charge in [0.2, 0.25) is 5.95 Å². The number of aryl methyl sites for hydroxylation is 1. The first-order valence-corrected chi connectivity index (χ1v) is 6.63. The minimum absolute atomic E-state index is 0.662. The Morgan fingerprint density at radius 1 is 1.15 bits per heavy atom. The van der Waals surface area contributed by atoms with Crippen LogP contribution in [0.3, 0.4) is 0 Å². The number of rotatable bonds is 4. The average Bonchev–Trinajstić information content (AvgIpc) is 2.85. The standard InChI is InChI=1S/C15H17N5/c1-11-3-2-4-14-18-15(19-20(11)14)17-10-9-12-5-7-13(16)8-6-12/h2-8H,9-10,16H2,1H3,(H,17,19). The summed E-state index contributed by atoms with van der Waals surface area (Å²) in [5, 5.41) is 7.68. The summed E-state index contributed by atoms with van der Waals surface area (Å²) in [6.07, 6.45) is 0.912. The summed E-state index contributed by atoms with van der Waals surface area (Å²) in [6, 6.07) is 13.9. The summed E-state index contributed by atoms with van der Waals surface area (Å²) in [5.74, 6) is 0.662. The molecule has 3 aromatic rings. The normalized spacial score (nSPS) is 10.8. The molecule has 0 aliphatic carbocycles.